The van der Waals surface area contributed by atoms with Gasteiger partial charge in [0.2, 0.25) is 0 Å². The van der Waals surface area contributed by atoms with Crippen LogP contribution in [0, 0.1) is 17.3 Å². The largest absolute Gasteiger partial charge is 0.314 e. The molecule has 2 saturated heterocycles. The molecule has 3 saturated carbocycles. The lowest BCUT2D eigenvalue weighted by molar-refractivity contribution is -0.134. The Hall–Kier alpha value is -0.820. The van der Waals surface area contributed by atoms with E-state index >= 15 is 0 Å². The maximum absolute atomic E-state index is 3.69. The minimum absolute atomic E-state index is 0.681. The van der Waals surface area contributed by atoms with Crippen LogP contribution in [0.3, 0.4) is 0 Å². The Morgan fingerprint density at radius 3 is 2.75 bits per heavy atom. The van der Waals surface area contributed by atoms with Crippen LogP contribution in [0.5, 0.6) is 0 Å². The highest BCUT2D eigenvalue weighted by atomic mass is 15.0. The minimum atomic E-state index is 0.681. The lowest BCUT2D eigenvalue weighted by Crippen LogP contribution is -2.67. The fraction of sp³-hybridized carbons (Fsp3) is 0.600. The summed E-state index contributed by atoms with van der Waals surface area (Å²) in [6.07, 6.45) is 5.72. The Labute approximate surface area is 97.2 Å². The lowest BCUT2D eigenvalue weighted by Gasteiger charge is -2.66. The first-order chi connectivity index (χ1) is 7.86. The molecule has 1 N–H and O–H groups in total. The molecule has 1 heteroatoms. The van der Waals surface area contributed by atoms with Gasteiger partial charge in [-0.15, -0.1) is 0 Å². The van der Waals surface area contributed by atoms with Crippen molar-refractivity contribution >= 4 is 0 Å². The highest BCUT2D eigenvalue weighted by Crippen LogP contribution is 2.63. The van der Waals surface area contributed by atoms with Crippen LogP contribution in [-0.2, 0) is 6.42 Å². The predicted octanol–water partition coefficient (Wildman–Crippen LogP) is 2.62. The highest BCUT2D eigenvalue weighted by Gasteiger charge is 2.60. The molecule has 1 aromatic rings. The average Bonchev–Trinajstić information content (AvgIpc) is 2.30. The van der Waals surface area contributed by atoms with Crippen molar-refractivity contribution in [3.63, 3.8) is 0 Å². The SMILES string of the molecule is c1ccc(CC23CC4CC(C2)C3CN4)cc1. The molecule has 0 spiro atoms. The summed E-state index contributed by atoms with van der Waals surface area (Å²) in [5.74, 6) is 2.04. The van der Waals surface area contributed by atoms with Gasteiger partial charge in [0.15, 0.2) is 0 Å². The van der Waals surface area contributed by atoms with Crippen LogP contribution in [0.2, 0.25) is 0 Å². The van der Waals surface area contributed by atoms with Crippen LogP contribution in [-0.4, -0.2) is 12.6 Å². The fourth-order valence-electron chi connectivity index (χ4n) is 4.69. The number of nitrogens with one attached hydrogen (secondary N) is 1. The third-order valence-electron chi connectivity index (χ3n) is 5.29. The normalized spacial score (nSPS) is 44.1. The van der Waals surface area contributed by atoms with E-state index in [9.17, 15) is 0 Å². The number of hydrogen-bond donors (Lipinski definition) is 1. The maximum atomic E-state index is 3.69. The molecule has 84 valence electrons. The maximum Gasteiger partial charge on any atom is 0.00754 e. The van der Waals surface area contributed by atoms with E-state index in [0.717, 1.165) is 17.9 Å². The average molecular weight is 213 g/mol. The molecule has 2 aliphatic heterocycles. The molecule has 0 radical (unpaired) electrons. The van der Waals surface area contributed by atoms with E-state index in [1.54, 1.807) is 5.56 Å². The van der Waals surface area contributed by atoms with E-state index < -0.39 is 0 Å². The number of fused-ring (bicyclic) bond motifs is 1. The van der Waals surface area contributed by atoms with Crippen molar-refractivity contribution in [1.82, 2.24) is 5.32 Å². The second-order valence-electron chi connectivity index (χ2n) is 6.14. The minimum Gasteiger partial charge on any atom is -0.314 e. The van der Waals surface area contributed by atoms with Gasteiger partial charge in [0, 0.05) is 6.04 Å². The van der Waals surface area contributed by atoms with E-state index in [1.165, 1.54) is 32.2 Å². The summed E-state index contributed by atoms with van der Waals surface area (Å²) in [6, 6.07) is 11.9. The number of hydrogen-bond acceptors (Lipinski definition) is 1. The summed E-state index contributed by atoms with van der Waals surface area (Å²) in [5.41, 5.74) is 2.23. The van der Waals surface area contributed by atoms with Gasteiger partial charge in [0.25, 0.3) is 0 Å². The Morgan fingerprint density at radius 1 is 1.19 bits per heavy atom. The molecule has 4 bridgehead atoms. The van der Waals surface area contributed by atoms with Crippen LogP contribution < -0.4 is 5.32 Å². The highest BCUT2D eigenvalue weighted by molar-refractivity contribution is 5.22. The Bertz CT molecular complexity index is 399. The van der Waals surface area contributed by atoms with Gasteiger partial charge in [-0.3, -0.25) is 0 Å². The Balaban J connectivity index is 1.60. The lowest BCUT2D eigenvalue weighted by atomic mass is 9.43. The van der Waals surface area contributed by atoms with E-state index in [1.807, 2.05) is 0 Å². The summed E-state index contributed by atoms with van der Waals surface area (Å²) in [7, 11) is 0. The van der Waals surface area contributed by atoms with E-state index in [0.29, 0.717) is 5.41 Å². The predicted molar refractivity (Wildman–Crippen MR) is 65.2 cm³/mol. The quantitative estimate of drug-likeness (QED) is 0.796. The van der Waals surface area contributed by atoms with Crippen LogP contribution in [0.25, 0.3) is 0 Å². The van der Waals surface area contributed by atoms with Gasteiger partial charge < -0.3 is 5.32 Å². The zero-order valence-corrected chi connectivity index (χ0v) is 9.65. The van der Waals surface area contributed by atoms with Gasteiger partial charge in [-0.1, -0.05) is 30.3 Å². The van der Waals surface area contributed by atoms with Crippen molar-refractivity contribution in [2.24, 2.45) is 17.3 Å². The second-order valence-corrected chi connectivity index (χ2v) is 6.14. The van der Waals surface area contributed by atoms with Crippen molar-refractivity contribution in [2.75, 3.05) is 6.54 Å². The number of benzene rings is 1. The van der Waals surface area contributed by atoms with Gasteiger partial charge >= 0.3 is 0 Å². The Kier molecular flexibility index (Phi) is 1.79. The topological polar surface area (TPSA) is 12.0 Å². The molecule has 0 amide bonds. The Morgan fingerprint density at radius 2 is 2.06 bits per heavy atom. The molecule has 16 heavy (non-hydrogen) atoms. The van der Waals surface area contributed by atoms with Crippen molar-refractivity contribution in [1.29, 1.82) is 0 Å². The summed E-state index contributed by atoms with van der Waals surface area (Å²) in [4.78, 5) is 0. The molecule has 1 aromatic carbocycles. The molecule has 4 atom stereocenters. The third kappa shape index (κ3) is 1.15. The first-order valence-corrected chi connectivity index (χ1v) is 6.63. The summed E-state index contributed by atoms with van der Waals surface area (Å²) < 4.78 is 0. The van der Waals surface area contributed by atoms with Gasteiger partial charge in [0.1, 0.15) is 0 Å². The molecule has 6 rings (SSSR count). The smallest absolute Gasteiger partial charge is 0.00754 e. The van der Waals surface area contributed by atoms with Crippen LogP contribution in [0.4, 0.5) is 0 Å². The van der Waals surface area contributed by atoms with Crippen molar-refractivity contribution < 1.29 is 0 Å². The van der Waals surface area contributed by atoms with Crippen molar-refractivity contribution in [2.45, 2.75) is 31.7 Å². The first-order valence-electron chi connectivity index (χ1n) is 6.63. The van der Waals surface area contributed by atoms with Crippen molar-refractivity contribution in [3.8, 4) is 0 Å². The van der Waals surface area contributed by atoms with Gasteiger partial charge in [0.05, 0.1) is 0 Å². The van der Waals surface area contributed by atoms with Crippen LogP contribution in [0.15, 0.2) is 30.3 Å². The second kappa shape index (κ2) is 3.10. The summed E-state index contributed by atoms with van der Waals surface area (Å²) in [5, 5.41) is 3.69. The molecule has 4 unspecified atom stereocenters. The van der Waals surface area contributed by atoms with Gasteiger partial charge in [-0.05, 0) is 55.0 Å². The molecule has 2 heterocycles. The van der Waals surface area contributed by atoms with E-state index in [4.69, 9.17) is 0 Å². The molecular weight excluding hydrogens is 194 g/mol. The molecule has 3 aliphatic carbocycles. The van der Waals surface area contributed by atoms with Gasteiger partial charge in [-0.2, -0.15) is 0 Å². The molecular formula is C15H19N. The van der Waals surface area contributed by atoms with E-state index in [2.05, 4.69) is 35.6 Å². The zero-order valence-electron chi connectivity index (χ0n) is 9.65. The molecule has 1 nitrogen and oxygen atoms in total. The van der Waals surface area contributed by atoms with E-state index in [-0.39, 0.29) is 0 Å². The number of rotatable bonds is 2. The standard InChI is InChI=1S/C15H19N/c1-2-4-11(5-3-1)7-15-8-12-6-13(9-15)16-10-14(12)15/h1-5,12-14,16H,6-10H2. The zero-order chi connectivity index (χ0) is 10.6. The fourth-order valence-corrected chi connectivity index (χ4v) is 4.69. The molecule has 0 aromatic heterocycles. The monoisotopic (exact) mass is 213 g/mol. The first kappa shape index (κ1) is 9.23. The van der Waals surface area contributed by atoms with Crippen LogP contribution in [0.1, 0.15) is 24.8 Å². The van der Waals surface area contributed by atoms with Gasteiger partial charge in [-0.25, -0.2) is 0 Å². The number of piperidine rings is 2. The molecule has 5 fully saturated rings. The van der Waals surface area contributed by atoms with Crippen molar-refractivity contribution in [3.05, 3.63) is 35.9 Å². The van der Waals surface area contributed by atoms with Crippen LogP contribution >= 0.6 is 0 Å². The summed E-state index contributed by atoms with van der Waals surface area (Å²) >= 11 is 0. The summed E-state index contributed by atoms with van der Waals surface area (Å²) in [6.45, 7) is 1.29. The third-order valence-corrected chi connectivity index (χ3v) is 5.29. The molecule has 5 aliphatic rings.